The highest BCUT2D eigenvalue weighted by Gasteiger charge is 2.24. The molecule has 1 aliphatic heterocycles. The third-order valence-corrected chi connectivity index (χ3v) is 4.97. The number of carbonyl (C=O) groups excluding carboxylic acids is 1. The van der Waals surface area contributed by atoms with Crippen LogP contribution in [0.2, 0.25) is 0 Å². The van der Waals surface area contributed by atoms with Crippen molar-refractivity contribution in [3.8, 4) is 5.75 Å². The number of amides is 1. The molecule has 8 nitrogen and oxygen atoms in total. The fourth-order valence-electron chi connectivity index (χ4n) is 3.49. The van der Waals surface area contributed by atoms with E-state index in [1.54, 1.807) is 24.3 Å². The Labute approximate surface area is 157 Å². The van der Waals surface area contributed by atoms with E-state index in [1.165, 1.54) is 0 Å². The van der Waals surface area contributed by atoms with Gasteiger partial charge in [-0.1, -0.05) is 18.2 Å². The van der Waals surface area contributed by atoms with Gasteiger partial charge in [0.25, 0.3) is 0 Å². The van der Waals surface area contributed by atoms with Crippen LogP contribution in [0.4, 0.5) is 5.82 Å². The van der Waals surface area contributed by atoms with Crippen molar-refractivity contribution in [3.05, 3.63) is 42.4 Å². The van der Waals surface area contributed by atoms with Crippen molar-refractivity contribution in [2.75, 3.05) is 38.2 Å². The Bertz CT molecular complexity index is 962. The SMILES string of the molecule is COc1ccccc1CC(=O)N1CCN(c2ncnc3c2cnn3C)CC1. The molecule has 1 saturated heterocycles. The highest BCUT2D eigenvalue weighted by Crippen LogP contribution is 2.24. The maximum Gasteiger partial charge on any atom is 0.227 e. The monoisotopic (exact) mass is 366 g/mol. The van der Waals surface area contributed by atoms with E-state index in [0.29, 0.717) is 19.5 Å². The first kappa shape index (κ1) is 17.3. The van der Waals surface area contributed by atoms with E-state index in [4.69, 9.17) is 4.74 Å². The molecule has 8 heteroatoms. The number of hydrogen-bond acceptors (Lipinski definition) is 6. The number of fused-ring (bicyclic) bond motifs is 1. The van der Waals surface area contributed by atoms with Gasteiger partial charge in [0.2, 0.25) is 5.91 Å². The third kappa shape index (κ3) is 3.30. The Morgan fingerprint density at radius 2 is 1.93 bits per heavy atom. The van der Waals surface area contributed by atoms with Crippen LogP contribution in [0.15, 0.2) is 36.8 Å². The lowest BCUT2D eigenvalue weighted by atomic mass is 10.1. The molecular formula is C19H22N6O2. The number of carbonyl (C=O) groups is 1. The van der Waals surface area contributed by atoms with E-state index in [-0.39, 0.29) is 5.91 Å². The van der Waals surface area contributed by atoms with Crippen LogP contribution in [-0.2, 0) is 18.3 Å². The normalized spacial score (nSPS) is 14.6. The van der Waals surface area contributed by atoms with Gasteiger partial charge in [0, 0.05) is 38.8 Å². The summed E-state index contributed by atoms with van der Waals surface area (Å²) in [6, 6.07) is 7.66. The predicted octanol–water partition coefficient (Wildman–Crippen LogP) is 1.26. The average molecular weight is 366 g/mol. The molecule has 2 aromatic heterocycles. The number of hydrogen-bond donors (Lipinski definition) is 0. The van der Waals surface area contributed by atoms with Gasteiger partial charge in [-0.3, -0.25) is 9.48 Å². The van der Waals surface area contributed by atoms with Crippen molar-refractivity contribution in [2.24, 2.45) is 7.05 Å². The quantitative estimate of drug-likeness (QED) is 0.692. The lowest BCUT2D eigenvalue weighted by Crippen LogP contribution is -2.49. The number of rotatable bonds is 4. The van der Waals surface area contributed by atoms with Gasteiger partial charge in [0.05, 0.1) is 25.1 Å². The maximum absolute atomic E-state index is 12.7. The fraction of sp³-hybridized carbons (Fsp3) is 0.368. The van der Waals surface area contributed by atoms with Gasteiger partial charge in [0.15, 0.2) is 5.65 Å². The van der Waals surface area contributed by atoms with Crippen LogP contribution >= 0.6 is 0 Å². The molecule has 3 heterocycles. The fourth-order valence-corrected chi connectivity index (χ4v) is 3.49. The zero-order valence-electron chi connectivity index (χ0n) is 15.5. The summed E-state index contributed by atoms with van der Waals surface area (Å²) >= 11 is 0. The molecule has 0 saturated carbocycles. The number of nitrogens with zero attached hydrogens (tertiary/aromatic N) is 6. The van der Waals surface area contributed by atoms with Gasteiger partial charge < -0.3 is 14.5 Å². The third-order valence-electron chi connectivity index (χ3n) is 4.97. The summed E-state index contributed by atoms with van der Waals surface area (Å²) in [7, 11) is 3.50. The summed E-state index contributed by atoms with van der Waals surface area (Å²) in [6.07, 6.45) is 3.72. The summed E-state index contributed by atoms with van der Waals surface area (Å²) in [5.41, 5.74) is 1.73. The van der Waals surface area contributed by atoms with E-state index in [1.807, 2.05) is 36.2 Å². The summed E-state index contributed by atoms with van der Waals surface area (Å²) in [5.74, 6) is 1.75. The molecule has 0 spiro atoms. The Morgan fingerprint density at radius 1 is 1.15 bits per heavy atom. The smallest absolute Gasteiger partial charge is 0.227 e. The summed E-state index contributed by atoms with van der Waals surface area (Å²) < 4.78 is 7.09. The largest absolute Gasteiger partial charge is 0.496 e. The van der Waals surface area contributed by atoms with Crippen LogP contribution in [0.5, 0.6) is 5.75 Å². The number of aryl methyl sites for hydroxylation is 1. The zero-order valence-corrected chi connectivity index (χ0v) is 15.5. The molecular weight excluding hydrogens is 344 g/mol. The highest BCUT2D eigenvalue weighted by molar-refractivity contribution is 5.87. The summed E-state index contributed by atoms with van der Waals surface area (Å²) in [6.45, 7) is 2.80. The van der Waals surface area contributed by atoms with E-state index in [9.17, 15) is 4.79 Å². The number of aromatic nitrogens is 4. The van der Waals surface area contributed by atoms with Crippen molar-refractivity contribution in [1.82, 2.24) is 24.6 Å². The van der Waals surface area contributed by atoms with E-state index in [0.717, 1.165) is 41.3 Å². The number of ether oxygens (including phenoxy) is 1. The molecule has 1 aliphatic rings. The summed E-state index contributed by atoms with van der Waals surface area (Å²) in [5, 5.41) is 5.21. The molecule has 1 amide bonds. The van der Waals surface area contributed by atoms with Gasteiger partial charge in [-0.05, 0) is 6.07 Å². The minimum atomic E-state index is 0.119. The van der Waals surface area contributed by atoms with Crippen molar-refractivity contribution >= 4 is 22.8 Å². The second-order valence-electron chi connectivity index (χ2n) is 6.56. The van der Waals surface area contributed by atoms with Crippen molar-refractivity contribution < 1.29 is 9.53 Å². The van der Waals surface area contributed by atoms with Gasteiger partial charge in [-0.25, -0.2) is 9.97 Å². The lowest BCUT2D eigenvalue weighted by molar-refractivity contribution is -0.130. The minimum Gasteiger partial charge on any atom is -0.496 e. The maximum atomic E-state index is 12.7. The van der Waals surface area contributed by atoms with Crippen LogP contribution in [0.3, 0.4) is 0 Å². The van der Waals surface area contributed by atoms with Gasteiger partial charge in [0.1, 0.15) is 17.9 Å². The number of anilines is 1. The van der Waals surface area contributed by atoms with Crippen LogP contribution < -0.4 is 9.64 Å². The molecule has 1 fully saturated rings. The summed E-state index contributed by atoms with van der Waals surface area (Å²) in [4.78, 5) is 25.5. The topological polar surface area (TPSA) is 76.4 Å². The number of methoxy groups -OCH3 is 1. The first-order chi connectivity index (χ1) is 13.2. The highest BCUT2D eigenvalue weighted by atomic mass is 16.5. The second kappa shape index (κ2) is 7.22. The number of benzene rings is 1. The average Bonchev–Trinajstić information content (AvgIpc) is 3.10. The van der Waals surface area contributed by atoms with Crippen LogP contribution in [-0.4, -0.2) is 63.8 Å². The molecule has 1 aromatic carbocycles. The molecule has 27 heavy (non-hydrogen) atoms. The van der Waals surface area contributed by atoms with E-state index >= 15 is 0 Å². The molecule has 0 atom stereocenters. The van der Waals surface area contributed by atoms with E-state index in [2.05, 4.69) is 20.0 Å². The Kier molecular flexibility index (Phi) is 4.62. The first-order valence-electron chi connectivity index (χ1n) is 8.94. The molecule has 0 aliphatic carbocycles. The van der Waals surface area contributed by atoms with Crippen molar-refractivity contribution in [2.45, 2.75) is 6.42 Å². The molecule has 0 bridgehead atoms. The molecule has 0 unspecified atom stereocenters. The molecule has 0 N–H and O–H groups in total. The standard InChI is InChI=1S/C19H22N6O2/c1-23-18-15(12-22-23)19(21-13-20-18)25-9-7-24(8-10-25)17(26)11-14-5-3-4-6-16(14)27-2/h3-6,12-13H,7-11H2,1-2H3. The molecule has 3 aromatic rings. The molecule has 4 rings (SSSR count). The first-order valence-corrected chi connectivity index (χ1v) is 8.94. The van der Waals surface area contributed by atoms with Crippen molar-refractivity contribution in [1.29, 1.82) is 0 Å². The molecule has 0 radical (unpaired) electrons. The predicted molar refractivity (Wildman–Crippen MR) is 102 cm³/mol. The van der Waals surface area contributed by atoms with Gasteiger partial charge in [-0.2, -0.15) is 5.10 Å². The zero-order chi connectivity index (χ0) is 18.8. The Balaban J connectivity index is 1.43. The van der Waals surface area contributed by atoms with Crippen LogP contribution in [0.25, 0.3) is 11.0 Å². The molecule has 140 valence electrons. The van der Waals surface area contributed by atoms with Gasteiger partial charge in [-0.15, -0.1) is 0 Å². The second-order valence-corrected chi connectivity index (χ2v) is 6.56. The Morgan fingerprint density at radius 3 is 2.70 bits per heavy atom. The minimum absolute atomic E-state index is 0.119. The van der Waals surface area contributed by atoms with Crippen LogP contribution in [0, 0.1) is 0 Å². The lowest BCUT2D eigenvalue weighted by Gasteiger charge is -2.35. The van der Waals surface area contributed by atoms with Crippen LogP contribution in [0.1, 0.15) is 5.56 Å². The van der Waals surface area contributed by atoms with Gasteiger partial charge >= 0.3 is 0 Å². The number of piperazine rings is 1. The van der Waals surface area contributed by atoms with Crippen molar-refractivity contribution in [3.63, 3.8) is 0 Å². The van der Waals surface area contributed by atoms with E-state index < -0.39 is 0 Å². The Hall–Kier alpha value is -3.16. The number of para-hydroxylation sites is 1.